The van der Waals surface area contributed by atoms with Crippen molar-refractivity contribution in [2.45, 2.75) is 6.54 Å². The Morgan fingerprint density at radius 2 is 1.42 bits per heavy atom. The molecule has 7 rings (SSSR count). The van der Waals surface area contributed by atoms with Gasteiger partial charge in [-0.25, -0.2) is 0 Å². The fourth-order valence-corrected chi connectivity index (χ4v) is 4.71. The fourth-order valence-electron chi connectivity index (χ4n) is 4.71. The van der Waals surface area contributed by atoms with Gasteiger partial charge in [-0.2, -0.15) is 4.57 Å². The Labute approximate surface area is 178 Å². The van der Waals surface area contributed by atoms with Crippen molar-refractivity contribution in [2.75, 3.05) is 13.6 Å². The number of pyridine rings is 1. The Morgan fingerprint density at radius 1 is 0.645 bits per heavy atom. The Hall–Kier alpha value is -3.99. The number of ether oxygens (including phenoxy) is 4. The molecular weight excluding hydrogens is 390 g/mol. The number of rotatable bonds is 2. The molecule has 2 aliphatic heterocycles. The van der Waals surface area contributed by atoms with Crippen LogP contribution in [-0.4, -0.2) is 13.6 Å². The molecule has 0 atom stereocenters. The minimum Gasteiger partial charge on any atom is -0.454 e. The molecule has 4 aromatic carbocycles. The maximum atomic E-state index is 5.84. The second kappa shape index (κ2) is 6.25. The quantitative estimate of drug-likeness (QED) is 0.306. The van der Waals surface area contributed by atoms with Crippen LogP contribution in [0.4, 0.5) is 0 Å². The van der Waals surface area contributed by atoms with Gasteiger partial charge in [0.25, 0.3) is 0 Å². The highest BCUT2D eigenvalue weighted by atomic mass is 16.7. The number of fused-ring (bicyclic) bond motifs is 8. The smallest absolute Gasteiger partial charge is 0.231 e. The third-order valence-corrected chi connectivity index (χ3v) is 6.12. The Balaban J connectivity index is 1.61. The molecule has 0 N–H and O–H groups in total. The average Bonchev–Trinajstić information content (AvgIpc) is 3.47. The van der Waals surface area contributed by atoms with E-state index >= 15 is 0 Å². The van der Waals surface area contributed by atoms with E-state index in [9.17, 15) is 0 Å². The van der Waals surface area contributed by atoms with Crippen molar-refractivity contribution in [2.24, 2.45) is 0 Å². The molecule has 0 unspecified atom stereocenters. The van der Waals surface area contributed by atoms with Crippen molar-refractivity contribution in [3.8, 4) is 23.0 Å². The molecule has 0 saturated carbocycles. The van der Waals surface area contributed by atoms with E-state index < -0.39 is 0 Å². The minimum absolute atomic E-state index is 0.256. The molecule has 5 nitrogen and oxygen atoms in total. The largest absolute Gasteiger partial charge is 0.454 e. The number of hydrogen-bond acceptors (Lipinski definition) is 4. The van der Waals surface area contributed by atoms with Gasteiger partial charge in [0.1, 0.15) is 0 Å². The summed E-state index contributed by atoms with van der Waals surface area (Å²) in [6.45, 7) is 1.26. The molecule has 0 amide bonds. The van der Waals surface area contributed by atoms with Crippen molar-refractivity contribution in [1.29, 1.82) is 0 Å². The summed E-state index contributed by atoms with van der Waals surface area (Å²) in [7, 11) is 0. The number of benzene rings is 4. The highest BCUT2D eigenvalue weighted by Gasteiger charge is 2.25. The first-order chi connectivity index (χ1) is 15.3. The molecule has 5 aromatic rings. The molecule has 1 aromatic heterocycles. The van der Waals surface area contributed by atoms with E-state index in [0.29, 0.717) is 0 Å². The van der Waals surface area contributed by atoms with Crippen molar-refractivity contribution in [3.63, 3.8) is 0 Å². The lowest BCUT2D eigenvalue weighted by molar-refractivity contribution is -0.660. The van der Waals surface area contributed by atoms with Crippen molar-refractivity contribution < 1.29 is 23.5 Å². The molecule has 2 aliphatic rings. The molecule has 0 radical (unpaired) electrons. The van der Waals surface area contributed by atoms with Gasteiger partial charge in [-0.05, 0) is 35.7 Å². The molecule has 31 heavy (non-hydrogen) atoms. The molecule has 5 heteroatoms. The third-order valence-electron chi connectivity index (χ3n) is 6.12. The summed E-state index contributed by atoms with van der Waals surface area (Å²) in [4.78, 5) is 0. The molecule has 0 spiro atoms. The summed E-state index contributed by atoms with van der Waals surface area (Å²) in [6.07, 6.45) is 2.18. The molecule has 0 saturated heterocycles. The Kier molecular flexibility index (Phi) is 3.38. The van der Waals surface area contributed by atoms with Crippen LogP contribution in [0, 0.1) is 0 Å². The van der Waals surface area contributed by atoms with Gasteiger partial charge in [0.15, 0.2) is 35.7 Å². The molecule has 0 bridgehead atoms. The zero-order chi connectivity index (χ0) is 20.4. The zero-order valence-corrected chi connectivity index (χ0v) is 16.6. The van der Waals surface area contributed by atoms with Gasteiger partial charge in [0, 0.05) is 10.9 Å². The van der Waals surface area contributed by atoms with Crippen LogP contribution in [0.3, 0.4) is 0 Å². The molecule has 0 aliphatic carbocycles. The van der Waals surface area contributed by atoms with Gasteiger partial charge in [-0.3, -0.25) is 0 Å². The molecular formula is C26H18NO4+. The van der Waals surface area contributed by atoms with E-state index in [0.717, 1.165) is 62.0 Å². The van der Waals surface area contributed by atoms with Crippen molar-refractivity contribution in [3.05, 3.63) is 78.5 Å². The SMILES string of the molecule is c1ccc(C[n+]2cc3c4c(ccc3c3ccc5cc6c(cc5c32)OCO6)OCO4)cc1. The van der Waals surface area contributed by atoms with E-state index in [1.807, 2.05) is 12.1 Å². The van der Waals surface area contributed by atoms with Crippen LogP contribution < -0.4 is 23.5 Å². The first-order valence-electron chi connectivity index (χ1n) is 10.3. The minimum atomic E-state index is 0.256. The zero-order valence-electron chi connectivity index (χ0n) is 16.6. The van der Waals surface area contributed by atoms with Crippen LogP contribution in [0.15, 0.2) is 72.9 Å². The summed E-state index contributed by atoms with van der Waals surface area (Å²) in [6, 6.07) is 23.1. The standard InChI is InChI=1S/C26H18NO4/c1-2-4-16(5-3-1)12-27-13-21-18(8-9-22-26(21)31-15-28-22)19-7-6-17-10-23-24(30-14-29-23)11-20(17)25(19)27/h1-11,13H,12,14-15H2/q+1. The van der Waals surface area contributed by atoms with Crippen LogP contribution in [-0.2, 0) is 6.54 Å². The predicted molar refractivity (Wildman–Crippen MR) is 117 cm³/mol. The lowest BCUT2D eigenvalue weighted by Crippen LogP contribution is -2.35. The van der Waals surface area contributed by atoms with Crippen molar-refractivity contribution in [1.82, 2.24) is 0 Å². The lowest BCUT2D eigenvalue weighted by Gasteiger charge is -2.10. The van der Waals surface area contributed by atoms with Crippen LogP contribution in [0.1, 0.15) is 5.56 Å². The number of nitrogens with zero attached hydrogens (tertiary/aromatic N) is 1. The van der Waals surface area contributed by atoms with E-state index in [4.69, 9.17) is 18.9 Å². The van der Waals surface area contributed by atoms with Gasteiger partial charge < -0.3 is 18.9 Å². The molecule has 0 fully saturated rings. The third kappa shape index (κ3) is 2.46. The van der Waals surface area contributed by atoms with Gasteiger partial charge in [-0.1, -0.05) is 36.4 Å². The highest BCUT2D eigenvalue weighted by molar-refractivity contribution is 6.15. The summed E-state index contributed by atoms with van der Waals surface area (Å²) in [5.74, 6) is 3.19. The molecule has 3 heterocycles. The van der Waals surface area contributed by atoms with Crippen LogP contribution >= 0.6 is 0 Å². The number of aromatic nitrogens is 1. The Morgan fingerprint density at radius 3 is 2.32 bits per heavy atom. The highest BCUT2D eigenvalue weighted by Crippen LogP contribution is 2.43. The monoisotopic (exact) mass is 408 g/mol. The summed E-state index contributed by atoms with van der Waals surface area (Å²) < 4.78 is 25.1. The first-order valence-corrected chi connectivity index (χ1v) is 10.3. The topological polar surface area (TPSA) is 40.8 Å². The van der Waals surface area contributed by atoms with Gasteiger partial charge >= 0.3 is 0 Å². The second-order valence-corrected chi connectivity index (χ2v) is 7.89. The number of hydrogen-bond donors (Lipinski definition) is 0. The lowest BCUT2D eigenvalue weighted by atomic mass is 9.99. The van der Waals surface area contributed by atoms with Gasteiger partial charge in [-0.15, -0.1) is 0 Å². The van der Waals surface area contributed by atoms with E-state index in [1.165, 1.54) is 5.56 Å². The first kappa shape index (κ1) is 16.8. The average molecular weight is 408 g/mol. The van der Waals surface area contributed by atoms with E-state index in [2.05, 4.69) is 65.4 Å². The van der Waals surface area contributed by atoms with Crippen LogP contribution in [0.5, 0.6) is 23.0 Å². The molecule has 150 valence electrons. The van der Waals surface area contributed by atoms with E-state index in [-0.39, 0.29) is 13.6 Å². The Bertz CT molecular complexity index is 1510. The summed E-state index contributed by atoms with van der Waals surface area (Å²) in [5, 5.41) is 5.62. The maximum Gasteiger partial charge on any atom is 0.231 e. The predicted octanol–water partition coefficient (Wildman–Crippen LogP) is 4.94. The summed E-state index contributed by atoms with van der Waals surface area (Å²) in [5.41, 5.74) is 2.39. The van der Waals surface area contributed by atoms with Gasteiger partial charge in [0.2, 0.25) is 19.1 Å². The maximum absolute atomic E-state index is 5.84. The summed E-state index contributed by atoms with van der Waals surface area (Å²) >= 11 is 0. The van der Waals surface area contributed by atoms with Crippen LogP contribution in [0.25, 0.3) is 32.4 Å². The fraction of sp³-hybridized carbons (Fsp3) is 0.115. The van der Waals surface area contributed by atoms with Crippen LogP contribution in [0.2, 0.25) is 0 Å². The van der Waals surface area contributed by atoms with Gasteiger partial charge in [0.05, 0.1) is 16.2 Å². The van der Waals surface area contributed by atoms with E-state index in [1.54, 1.807) is 0 Å². The normalized spacial score (nSPS) is 14.1. The second-order valence-electron chi connectivity index (χ2n) is 7.89. The van der Waals surface area contributed by atoms with Crippen molar-refractivity contribution >= 4 is 32.4 Å².